The molecule has 0 unspecified atom stereocenters. The van der Waals surface area contributed by atoms with E-state index in [-0.39, 0.29) is 5.69 Å². The second-order valence-electron chi connectivity index (χ2n) is 3.72. The highest BCUT2D eigenvalue weighted by Gasteiger charge is 2.63. The maximum Gasteiger partial charge on any atom is 0.463 e. The first-order chi connectivity index (χ1) is 9.05. The van der Waals surface area contributed by atoms with E-state index in [2.05, 4.69) is 9.97 Å². The largest absolute Gasteiger partial charge is 0.480 e. The number of aliphatic carboxylic acids is 1. The number of aromatic amines is 1. The maximum atomic E-state index is 12.7. The van der Waals surface area contributed by atoms with Crippen molar-refractivity contribution < 1.29 is 36.6 Å². The van der Waals surface area contributed by atoms with Crippen LogP contribution in [-0.4, -0.2) is 45.1 Å². The smallest absolute Gasteiger partial charge is 0.463 e. The van der Waals surface area contributed by atoms with E-state index in [9.17, 15) is 31.5 Å². The summed E-state index contributed by atoms with van der Waals surface area (Å²) in [5.74, 6) is -10.2. The Hall–Kier alpha value is -2.20. The predicted molar refractivity (Wildman–Crippen MR) is 52.9 cm³/mol. The van der Waals surface area contributed by atoms with Crippen molar-refractivity contribution in [2.75, 3.05) is 0 Å². The van der Waals surface area contributed by atoms with Gasteiger partial charge in [-0.15, -0.1) is 0 Å². The van der Waals surface area contributed by atoms with Crippen LogP contribution in [0.15, 0.2) is 12.5 Å². The molecular formula is C9H8F5N3O3. The Morgan fingerprint density at radius 3 is 2.35 bits per heavy atom. The Morgan fingerprint density at radius 2 is 1.95 bits per heavy atom. The molecule has 0 radical (unpaired) electrons. The molecule has 1 heterocycles. The average molecular weight is 301 g/mol. The third-order valence-electron chi connectivity index (χ3n) is 2.22. The van der Waals surface area contributed by atoms with Gasteiger partial charge in [0.1, 0.15) is 6.04 Å². The van der Waals surface area contributed by atoms with Gasteiger partial charge in [0.25, 0.3) is 0 Å². The number of nitrogens with zero attached hydrogens (tertiary/aromatic N) is 1. The molecule has 0 saturated heterocycles. The van der Waals surface area contributed by atoms with Crippen molar-refractivity contribution in [2.24, 2.45) is 0 Å². The molecule has 0 aliphatic rings. The Kier molecular flexibility index (Phi) is 4.30. The summed E-state index contributed by atoms with van der Waals surface area (Å²) >= 11 is 0. The summed E-state index contributed by atoms with van der Waals surface area (Å²) in [6, 6.07) is -1.95. The van der Waals surface area contributed by atoms with Crippen molar-refractivity contribution in [3.8, 4) is 0 Å². The fraction of sp³-hybridized carbons (Fsp3) is 0.444. The van der Waals surface area contributed by atoms with Crippen LogP contribution in [0.5, 0.6) is 0 Å². The van der Waals surface area contributed by atoms with Gasteiger partial charge in [-0.05, 0) is 0 Å². The minimum Gasteiger partial charge on any atom is -0.480 e. The van der Waals surface area contributed by atoms with Gasteiger partial charge in [0, 0.05) is 18.3 Å². The molecule has 20 heavy (non-hydrogen) atoms. The zero-order valence-electron chi connectivity index (χ0n) is 9.54. The normalized spacial score (nSPS) is 13.8. The Morgan fingerprint density at radius 1 is 1.35 bits per heavy atom. The van der Waals surface area contributed by atoms with Gasteiger partial charge in [0.15, 0.2) is 0 Å². The highest BCUT2D eigenvalue weighted by molar-refractivity contribution is 5.88. The number of H-pyrrole nitrogens is 1. The first kappa shape index (κ1) is 15.9. The van der Waals surface area contributed by atoms with Crippen LogP contribution in [0.2, 0.25) is 0 Å². The molecule has 1 amide bonds. The predicted octanol–water partition coefficient (Wildman–Crippen LogP) is 0.719. The number of halogens is 5. The van der Waals surface area contributed by atoms with E-state index in [4.69, 9.17) is 5.11 Å². The summed E-state index contributed by atoms with van der Waals surface area (Å²) < 4.78 is 61.2. The molecule has 3 N–H and O–H groups in total. The van der Waals surface area contributed by atoms with Crippen LogP contribution in [0.3, 0.4) is 0 Å². The summed E-state index contributed by atoms with van der Waals surface area (Å²) in [7, 11) is 0. The lowest BCUT2D eigenvalue weighted by Crippen LogP contribution is -2.55. The second kappa shape index (κ2) is 5.43. The van der Waals surface area contributed by atoms with Gasteiger partial charge in [-0.3, -0.25) is 4.79 Å². The van der Waals surface area contributed by atoms with Crippen LogP contribution in [-0.2, 0) is 16.0 Å². The fourth-order valence-corrected chi connectivity index (χ4v) is 1.19. The standard InChI is InChI=1S/C9H8F5N3O3/c10-8(11,9(12,13)14)7(20)17-5(6(18)19)1-4-2-15-3-16-4/h2-3,5H,1H2,(H,15,16)(H,17,20)(H,18,19)/t5-/m0/s1. The van der Waals surface area contributed by atoms with Gasteiger partial charge >= 0.3 is 24.0 Å². The number of carboxylic acid groups (broad SMARTS) is 1. The number of nitrogens with one attached hydrogen (secondary N) is 2. The molecule has 11 heteroatoms. The number of hydrogen-bond acceptors (Lipinski definition) is 3. The Balaban J connectivity index is 2.81. The SMILES string of the molecule is O=C(O)[C@H](Cc1cnc[nH]1)NC(=O)C(F)(F)C(F)(F)F. The zero-order chi connectivity index (χ0) is 15.6. The lowest BCUT2D eigenvalue weighted by atomic mass is 10.1. The number of carboxylic acids is 1. The molecule has 0 fully saturated rings. The molecule has 1 atom stereocenters. The summed E-state index contributed by atoms with van der Waals surface area (Å²) in [6.45, 7) is 0. The number of amides is 1. The molecule has 0 spiro atoms. The summed E-state index contributed by atoms with van der Waals surface area (Å²) in [4.78, 5) is 27.6. The number of carbonyl (C=O) groups excluding carboxylic acids is 1. The van der Waals surface area contributed by atoms with E-state index >= 15 is 0 Å². The van der Waals surface area contributed by atoms with E-state index in [1.165, 1.54) is 0 Å². The minimum atomic E-state index is -6.10. The maximum absolute atomic E-state index is 12.7. The van der Waals surface area contributed by atoms with Crippen LogP contribution >= 0.6 is 0 Å². The van der Waals surface area contributed by atoms with Gasteiger partial charge in [-0.25, -0.2) is 9.78 Å². The van der Waals surface area contributed by atoms with Gasteiger partial charge in [-0.1, -0.05) is 0 Å². The monoisotopic (exact) mass is 301 g/mol. The number of carbonyl (C=O) groups is 2. The van der Waals surface area contributed by atoms with E-state index in [1.54, 1.807) is 0 Å². The first-order valence-electron chi connectivity index (χ1n) is 5.01. The van der Waals surface area contributed by atoms with Gasteiger partial charge < -0.3 is 15.4 Å². The second-order valence-corrected chi connectivity index (χ2v) is 3.72. The molecular weight excluding hydrogens is 293 g/mol. The van der Waals surface area contributed by atoms with Crippen LogP contribution in [0.4, 0.5) is 22.0 Å². The number of hydrogen-bond donors (Lipinski definition) is 3. The van der Waals surface area contributed by atoms with Crippen molar-refractivity contribution in [3.05, 3.63) is 18.2 Å². The van der Waals surface area contributed by atoms with Crippen LogP contribution in [0.1, 0.15) is 5.69 Å². The van der Waals surface area contributed by atoms with Crippen molar-refractivity contribution in [1.29, 1.82) is 0 Å². The lowest BCUT2D eigenvalue weighted by molar-refractivity contribution is -0.270. The molecule has 1 aromatic rings. The molecule has 1 aromatic heterocycles. The summed E-state index contributed by atoms with van der Waals surface area (Å²) in [5, 5.41) is 9.86. The number of rotatable bonds is 5. The quantitative estimate of drug-likeness (QED) is 0.698. The van der Waals surface area contributed by atoms with Crippen molar-refractivity contribution in [1.82, 2.24) is 15.3 Å². The zero-order valence-corrected chi connectivity index (χ0v) is 9.54. The van der Waals surface area contributed by atoms with E-state index in [0.29, 0.717) is 0 Å². The van der Waals surface area contributed by atoms with E-state index in [1.807, 2.05) is 0 Å². The summed E-state index contributed by atoms with van der Waals surface area (Å²) in [5.41, 5.74) is 0.146. The molecule has 0 saturated carbocycles. The molecule has 6 nitrogen and oxygen atoms in total. The fourth-order valence-electron chi connectivity index (χ4n) is 1.19. The van der Waals surface area contributed by atoms with Gasteiger partial charge in [0.2, 0.25) is 0 Å². The van der Waals surface area contributed by atoms with Gasteiger partial charge in [0.05, 0.1) is 6.33 Å². The number of aromatic nitrogens is 2. The molecule has 0 aromatic carbocycles. The van der Waals surface area contributed by atoms with Gasteiger partial charge in [-0.2, -0.15) is 22.0 Å². The van der Waals surface area contributed by atoms with Crippen molar-refractivity contribution in [2.45, 2.75) is 24.6 Å². The van der Waals surface area contributed by atoms with Crippen LogP contribution in [0, 0.1) is 0 Å². The molecule has 112 valence electrons. The Labute approximate surface area is 108 Å². The van der Waals surface area contributed by atoms with E-state index in [0.717, 1.165) is 17.8 Å². The minimum absolute atomic E-state index is 0.146. The van der Waals surface area contributed by atoms with Crippen molar-refractivity contribution >= 4 is 11.9 Å². The molecule has 1 rings (SSSR count). The van der Waals surface area contributed by atoms with Crippen molar-refractivity contribution in [3.63, 3.8) is 0 Å². The highest BCUT2D eigenvalue weighted by atomic mass is 19.4. The summed E-state index contributed by atoms with van der Waals surface area (Å²) in [6.07, 6.45) is -4.33. The number of alkyl halides is 5. The highest BCUT2D eigenvalue weighted by Crippen LogP contribution is 2.35. The van der Waals surface area contributed by atoms with Crippen LogP contribution in [0.25, 0.3) is 0 Å². The first-order valence-corrected chi connectivity index (χ1v) is 5.01. The topological polar surface area (TPSA) is 95.1 Å². The number of imidazole rings is 1. The molecule has 0 aliphatic carbocycles. The lowest BCUT2D eigenvalue weighted by Gasteiger charge is -2.21. The molecule has 0 bridgehead atoms. The van der Waals surface area contributed by atoms with Crippen LogP contribution < -0.4 is 5.32 Å². The third kappa shape index (κ3) is 3.42. The molecule has 0 aliphatic heterocycles. The van der Waals surface area contributed by atoms with E-state index < -0.39 is 36.4 Å². The average Bonchev–Trinajstić information content (AvgIpc) is 2.78. The Bertz CT molecular complexity index is 486. The third-order valence-corrected chi connectivity index (χ3v) is 2.22.